The molecule has 0 radical (unpaired) electrons. The van der Waals surface area contributed by atoms with Gasteiger partial charge in [0.05, 0.1) is 0 Å². The van der Waals surface area contributed by atoms with E-state index in [2.05, 4.69) is 0 Å². The van der Waals surface area contributed by atoms with Crippen LogP contribution in [0.4, 0.5) is 4.39 Å². The molecule has 0 saturated carbocycles. The van der Waals surface area contributed by atoms with Gasteiger partial charge in [-0.2, -0.15) is 0 Å². The van der Waals surface area contributed by atoms with Crippen LogP contribution in [0.3, 0.4) is 0 Å². The highest BCUT2D eigenvalue weighted by molar-refractivity contribution is 5.81. The van der Waals surface area contributed by atoms with Crippen molar-refractivity contribution >= 4 is 5.71 Å². The molecular formula is C7H14FN. The average molecular weight is 131 g/mol. The minimum absolute atomic E-state index is 0.313. The highest BCUT2D eigenvalue weighted by Crippen LogP contribution is 2.01. The first kappa shape index (κ1) is 8.60. The monoisotopic (exact) mass is 131 g/mol. The highest BCUT2D eigenvalue weighted by atomic mass is 19.1. The molecule has 1 N–H and O–H groups in total. The molecule has 0 aliphatic heterocycles. The Morgan fingerprint density at radius 2 is 2.22 bits per heavy atom. The average Bonchev–Trinajstić information content (AvgIpc) is 1.63. The summed E-state index contributed by atoms with van der Waals surface area (Å²) in [7, 11) is 0. The standard InChI is InChI=1S/C7H14FN/c1-3-4-7(9)5-6(2)8/h6,9H,3-5H2,1-2H3/t6-/m1/s1. The van der Waals surface area contributed by atoms with Crippen molar-refractivity contribution in [3.05, 3.63) is 0 Å². The summed E-state index contributed by atoms with van der Waals surface area (Å²) in [5.41, 5.74) is 0.535. The van der Waals surface area contributed by atoms with Gasteiger partial charge in [0.15, 0.2) is 0 Å². The zero-order valence-electron chi connectivity index (χ0n) is 6.08. The smallest absolute Gasteiger partial charge is 0.102 e. The van der Waals surface area contributed by atoms with Crippen molar-refractivity contribution in [3.63, 3.8) is 0 Å². The van der Waals surface area contributed by atoms with Crippen LogP contribution in [0.25, 0.3) is 0 Å². The summed E-state index contributed by atoms with van der Waals surface area (Å²) in [6, 6.07) is 0. The molecule has 9 heavy (non-hydrogen) atoms. The zero-order valence-corrected chi connectivity index (χ0v) is 6.08. The van der Waals surface area contributed by atoms with Gasteiger partial charge in [0.2, 0.25) is 0 Å². The molecule has 0 heterocycles. The molecule has 0 aromatic heterocycles. The Morgan fingerprint density at radius 3 is 2.56 bits per heavy atom. The fraction of sp³-hybridized carbons (Fsp3) is 0.857. The molecule has 0 unspecified atom stereocenters. The molecule has 2 heteroatoms. The molecule has 0 amide bonds. The first-order valence-electron chi connectivity index (χ1n) is 3.37. The lowest BCUT2D eigenvalue weighted by Crippen LogP contribution is -2.03. The Morgan fingerprint density at radius 1 is 1.67 bits per heavy atom. The number of halogens is 1. The van der Waals surface area contributed by atoms with Gasteiger partial charge in [-0.3, -0.25) is 0 Å². The van der Waals surface area contributed by atoms with Crippen LogP contribution in [-0.4, -0.2) is 11.9 Å². The van der Waals surface area contributed by atoms with Crippen LogP contribution in [0, 0.1) is 5.41 Å². The molecule has 1 nitrogen and oxygen atoms in total. The summed E-state index contributed by atoms with van der Waals surface area (Å²) >= 11 is 0. The van der Waals surface area contributed by atoms with E-state index >= 15 is 0 Å². The van der Waals surface area contributed by atoms with Gasteiger partial charge < -0.3 is 5.41 Å². The van der Waals surface area contributed by atoms with Crippen LogP contribution >= 0.6 is 0 Å². The lowest BCUT2D eigenvalue weighted by molar-refractivity contribution is 0.371. The van der Waals surface area contributed by atoms with Crippen LogP contribution < -0.4 is 0 Å². The molecule has 54 valence electrons. The van der Waals surface area contributed by atoms with E-state index < -0.39 is 6.17 Å². The molecule has 0 fully saturated rings. The van der Waals surface area contributed by atoms with E-state index in [4.69, 9.17) is 5.41 Å². The number of nitrogens with one attached hydrogen (secondary N) is 1. The fourth-order valence-corrected chi connectivity index (χ4v) is 0.743. The Labute approximate surface area is 55.8 Å². The summed E-state index contributed by atoms with van der Waals surface area (Å²) < 4.78 is 12.1. The lowest BCUT2D eigenvalue weighted by Gasteiger charge is -2.00. The molecule has 0 rings (SSSR count). The number of rotatable bonds is 4. The second kappa shape index (κ2) is 4.48. The third kappa shape index (κ3) is 5.47. The summed E-state index contributed by atoms with van der Waals surface area (Å²) in [6.07, 6.45) is 1.16. The van der Waals surface area contributed by atoms with Gasteiger partial charge in [0.25, 0.3) is 0 Å². The van der Waals surface area contributed by atoms with Gasteiger partial charge in [-0.05, 0) is 13.3 Å². The highest BCUT2D eigenvalue weighted by Gasteiger charge is 2.01. The third-order valence-corrected chi connectivity index (χ3v) is 1.08. The normalized spacial score (nSPS) is 13.2. The molecule has 0 bridgehead atoms. The number of alkyl halides is 1. The van der Waals surface area contributed by atoms with Gasteiger partial charge in [-0.25, -0.2) is 4.39 Å². The Kier molecular flexibility index (Phi) is 4.28. The largest absolute Gasteiger partial charge is 0.310 e. The van der Waals surface area contributed by atoms with E-state index in [1.807, 2.05) is 6.92 Å². The molecular weight excluding hydrogens is 117 g/mol. The minimum Gasteiger partial charge on any atom is -0.310 e. The van der Waals surface area contributed by atoms with Crippen molar-refractivity contribution in [2.45, 2.75) is 39.3 Å². The first-order valence-corrected chi connectivity index (χ1v) is 3.37. The predicted molar refractivity (Wildman–Crippen MR) is 37.8 cm³/mol. The van der Waals surface area contributed by atoms with Gasteiger partial charge >= 0.3 is 0 Å². The summed E-state index contributed by atoms with van der Waals surface area (Å²) in [5.74, 6) is 0. The van der Waals surface area contributed by atoms with E-state index in [0.717, 1.165) is 12.8 Å². The van der Waals surface area contributed by atoms with Crippen LogP contribution in [0.15, 0.2) is 0 Å². The third-order valence-electron chi connectivity index (χ3n) is 1.08. The van der Waals surface area contributed by atoms with Crippen LogP contribution in [0.2, 0.25) is 0 Å². The van der Waals surface area contributed by atoms with E-state index in [1.54, 1.807) is 0 Å². The Hall–Kier alpha value is -0.400. The first-order chi connectivity index (χ1) is 4.16. The maximum Gasteiger partial charge on any atom is 0.102 e. The molecule has 0 aliphatic carbocycles. The summed E-state index contributed by atoms with van der Waals surface area (Å²) in [5, 5.41) is 7.18. The van der Waals surface area contributed by atoms with E-state index in [0.29, 0.717) is 12.1 Å². The molecule has 0 aliphatic rings. The fourth-order valence-electron chi connectivity index (χ4n) is 0.743. The van der Waals surface area contributed by atoms with Crippen molar-refractivity contribution in [2.24, 2.45) is 0 Å². The second-order valence-corrected chi connectivity index (χ2v) is 2.34. The maximum absolute atomic E-state index is 12.1. The van der Waals surface area contributed by atoms with Crippen molar-refractivity contribution in [2.75, 3.05) is 0 Å². The molecule has 0 aromatic rings. The van der Waals surface area contributed by atoms with Crippen LogP contribution in [0.5, 0.6) is 0 Å². The van der Waals surface area contributed by atoms with E-state index in [-0.39, 0.29) is 0 Å². The summed E-state index contributed by atoms with van der Waals surface area (Å²) in [6.45, 7) is 3.49. The molecule has 0 spiro atoms. The van der Waals surface area contributed by atoms with Gasteiger partial charge in [-0.15, -0.1) is 0 Å². The Balaban J connectivity index is 3.27. The number of hydrogen-bond donors (Lipinski definition) is 1. The minimum atomic E-state index is -0.843. The predicted octanol–water partition coefficient (Wildman–Crippen LogP) is 2.55. The maximum atomic E-state index is 12.1. The lowest BCUT2D eigenvalue weighted by atomic mass is 10.1. The summed E-state index contributed by atoms with van der Waals surface area (Å²) in [4.78, 5) is 0. The van der Waals surface area contributed by atoms with Crippen LogP contribution in [-0.2, 0) is 0 Å². The van der Waals surface area contributed by atoms with E-state index in [1.165, 1.54) is 6.92 Å². The quantitative estimate of drug-likeness (QED) is 0.567. The zero-order chi connectivity index (χ0) is 7.28. The Bertz CT molecular complexity index is 88.9. The SMILES string of the molecule is CCCC(=N)C[C@@H](C)F. The molecule has 0 aromatic carbocycles. The van der Waals surface area contributed by atoms with E-state index in [9.17, 15) is 4.39 Å². The topological polar surface area (TPSA) is 23.9 Å². The van der Waals surface area contributed by atoms with Gasteiger partial charge in [-0.1, -0.05) is 13.3 Å². The van der Waals surface area contributed by atoms with Gasteiger partial charge in [0, 0.05) is 12.1 Å². The second-order valence-electron chi connectivity index (χ2n) is 2.34. The number of hydrogen-bond acceptors (Lipinski definition) is 1. The van der Waals surface area contributed by atoms with Crippen LogP contribution in [0.1, 0.15) is 33.1 Å². The molecule has 1 atom stereocenters. The van der Waals surface area contributed by atoms with Crippen molar-refractivity contribution in [3.8, 4) is 0 Å². The molecule has 0 saturated heterocycles. The van der Waals surface area contributed by atoms with Crippen molar-refractivity contribution < 1.29 is 4.39 Å². The van der Waals surface area contributed by atoms with Crippen molar-refractivity contribution in [1.29, 1.82) is 5.41 Å². The van der Waals surface area contributed by atoms with Gasteiger partial charge in [0.1, 0.15) is 6.17 Å². The van der Waals surface area contributed by atoms with Crippen molar-refractivity contribution in [1.82, 2.24) is 0 Å².